The van der Waals surface area contributed by atoms with Gasteiger partial charge in [-0.25, -0.2) is 4.79 Å². The molecule has 28 heavy (non-hydrogen) atoms. The van der Waals surface area contributed by atoms with Crippen molar-refractivity contribution in [2.45, 2.75) is 71.9 Å². The summed E-state index contributed by atoms with van der Waals surface area (Å²) >= 11 is 0. The third-order valence-corrected chi connectivity index (χ3v) is 4.82. The van der Waals surface area contributed by atoms with Crippen molar-refractivity contribution in [2.75, 3.05) is 6.54 Å². The Kier molecular flexibility index (Phi) is 6.21. The van der Waals surface area contributed by atoms with Crippen molar-refractivity contribution in [3.63, 3.8) is 0 Å². The van der Waals surface area contributed by atoms with E-state index in [0.29, 0.717) is 6.42 Å². The van der Waals surface area contributed by atoms with Crippen LogP contribution < -0.4 is 10.6 Å². The fourth-order valence-electron chi connectivity index (χ4n) is 4.31. The smallest absolute Gasteiger partial charge is 0.325 e. The zero-order valence-corrected chi connectivity index (χ0v) is 17.9. The van der Waals surface area contributed by atoms with Crippen molar-refractivity contribution in [1.29, 1.82) is 0 Å². The maximum Gasteiger partial charge on any atom is 0.325 e. The molecular weight excluding hydrogens is 354 g/mol. The molecule has 0 aliphatic carbocycles. The molecule has 4 amide bonds. The summed E-state index contributed by atoms with van der Waals surface area (Å²) < 4.78 is 0. The molecule has 1 aromatic carbocycles. The van der Waals surface area contributed by atoms with Crippen molar-refractivity contribution in [3.8, 4) is 0 Å². The SMILES string of the molecule is CCC[C@]1(c2ccccc2)NC(=O)N(CC(=O)NC(C)(C)CC(C)(C)C)C1=O. The summed E-state index contributed by atoms with van der Waals surface area (Å²) in [7, 11) is 0. The van der Waals surface area contributed by atoms with E-state index in [1.54, 1.807) is 0 Å². The average molecular weight is 388 g/mol. The van der Waals surface area contributed by atoms with Crippen LogP contribution in [0.2, 0.25) is 0 Å². The van der Waals surface area contributed by atoms with Crippen LogP contribution in [0.4, 0.5) is 4.79 Å². The van der Waals surface area contributed by atoms with Gasteiger partial charge in [0.05, 0.1) is 0 Å². The molecule has 0 radical (unpaired) electrons. The van der Waals surface area contributed by atoms with Crippen LogP contribution in [-0.2, 0) is 15.1 Å². The largest absolute Gasteiger partial charge is 0.350 e. The van der Waals surface area contributed by atoms with Gasteiger partial charge in [-0.1, -0.05) is 64.4 Å². The lowest BCUT2D eigenvalue weighted by Crippen LogP contribution is -2.50. The number of rotatable bonds is 7. The van der Waals surface area contributed by atoms with E-state index in [2.05, 4.69) is 31.4 Å². The second-order valence-electron chi connectivity index (χ2n) is 9.51. The summed E-state index contributed by atoms with van der Waals surface area (Å²) in [6, 6.07) is 8.71. The van der Waals surface area contributed by atoms with Crippen LogP contribution in [0.5, 0.6) is 0 Å². The summed E-state index contributed by atoms with van der Waals surface area (Å²) in [6.07, 6.45) is 1.98. The Morgan fingerprint density at radius 2 is 1.71 bits per heavy atom. The van der Waals surface area contributed by atoms with Gasteiger partial charge in [-0.15, -0.1) is 0 Å². The van der Waals surface area contributed by atoms with Gasteiger partial charge in [-0.05, 0) is 37.7 Å². The lowest BCUT2D eigenvalue weighted by molar-refractivity contribution is -0.136. The second kappa shape index (κ2) is 7.94. The Morgan fingerprint density at radius 1 is 1.11 bits per heavy atom. The first-order chi connectivity index (χ1) is 12.9. The predicted octanol–water partition coefficient (Wildman–Crippen LogP) is 3.56. The van der Waals surface area contributed by atoms with Gasteiger partial charge in [-0.2, -0.15) is 0 Å². The monoisotopic (exact) mass is 387 g/mol. The van der Waals surface area contributed by atoms with E-state index >= 15 is 0 Å². The molecule has 1 saturated heterocycles. The Bertz CT molecular complexity index is 737. The Balaban J connectivity index is 2.18. The van der Waals surface area contributed by atoms with Gasteiger partial charge in [0.15, 0.2) is 0 Å². The zero-order valence-electron chi connectivity index (χ0n) is 17.9. The summed E-state index contributed by atoms with van der Waals surface area (Å²) in [5, 5.41) is 5.82. The van der Waals surface area contributed by atoms with Gasteiger partial charge < -0.3 is 10.6 Å². The Morgan fingerprint density at radius 3 is 2.25 bits per heavy atom. The van der Waals surface area contributed by atoms with E-state index in [1.807, 2.05) is 51.1 Å². The Labute approximate surface area is 168 Å². The molecule has 6 heteroatoms. The number of imide groups is 1. The number of amides is 4. The highest BCUT2D eigenvalue weighted by atomic mass is 16.2. The van der Waals surface area contributed by atoms with Crippen molar-refractivity contribution in [1.82, 2.24) is 15.5 Å². The standard InChI is InChI=1S/C22H33N3O3/c1-7-13-22(16-11-9-8-10-12-16)18(27)25(19(28)24-22)14-17(26)23-21(5,6)15-20(2,3)4/h8-12H,7,13-15H2,1-6H3,(H,23,26)(H,24,28)/t22-/m1/s1. The van der Waals surface area contributed by atoms with Crippen LogP contribution >= 0.6 is 0 Å². The molecule has 0 unspecified atom stereocenters. The lowest BCUT2D eigenvalue weighted by Gasteiger charge is -2.33. The molecule has 1 aromatic rings. The van der Waals surface area contributed by atoms with Crippen LogP contribution in [0, 0.1) is 5.41 Å². The normalized spacial score (nSPS) is 20.3. The molecule has 1 aliphatic rings. The van der Waals surface area contributed by atoms with E-state index in [-0.39, 0.29) is 23.8 Å². The van der Waals surface area contributed by atoms with E-state index in [4.69, 9.17) is 0 Å². The highest BCUT2D eigenvalue weighted by Crippen LogP contribution is 2.33. The first-order valence-electron chi connectivity index (χ1n) is 9.91. The van der Waals surface area contributed by atoms with Crippen LogP contribution in [0.1, 0.15) is 66.4 Å². The minimum Gasteiger partial charge on any atom is -0.350 e. The second-order valence-corrected chi connectivity index (χ2v) is 9.51. The van der Waals surface area contributed by atoms with Crippen molar-refractivity contribution >= 4 is 17.8 Å². The maximum atomic E-state index is 13.2. The van der Waals surface area contributed by atoms with Crippen LogP contribution in [0.25, 0.3) is 0 Å². The third-order valence-electron chi connectivity index (χ3n) is 4.82. The molecule has 0 spiro atoms. The minimum atomic E-state index is -1.10. The maximum absolute atomic E-state index is 13.2. The fraction of sp³-hybridized carbons (Fsp3) is 0.591. The molecule has 0 aromatic heterocycles. The first-order valence-corrected chi connectivity index (χ1v) is 9.91. The fourth-order valence-corrected chi connectivity index (χ4v) is 4.31. The van der Waals surface area contributed by atoms with Gasteiger partial charge in [0.1, 0.15) is 12.1 Å². The number of hydrogen-bond acceptors (Lipinski definition) is 3. The highest BCUT2D eigenvalue weighted by Gasteiger charge is 2.52. The number of nitrogens with one attached hydrogen (secondary N) is 2. The summed E-state index contributed by atoms with van der Waals surface area (Å²) in [5.41, 5.74) is -0.754. The lowest BCUT2D eigenvalue weighted by atomic mass is 9.82. The minimum absolute atomic E-state index is 0.0429. The number of benzene rings is 1. The van der Waals surface area contributed by atoms with Crippen LogP contribution in [-0.4, -0.2) is 34.8 Å². The Hall–Kier alpha value is -2.37. The van der Waals surface area contributed by atoms with Gasteiger partial charge in [0.25, 0.3) is 5.91 Å². The van der Waals surface area contributed by atoms with E-state index in [9.17, 15) is 14.4 Å². The highest BCUT2D eigenvalue weighted by molar-refractivity contribution is 6.09. The average Bonchev–Trinajstić information content (AvgIpc) is 2.78. The van der Waals surface area contributed by atoms with Gasteiger partial charge >= 0.3 is 6.03 Å². The summed E-state index contributed by atoms with van der Waals surface area (Å²) in [6.45, 7) is 11.9. The van der Waals surface area contributed by atoms with E-state index in [1.165, 1.54) is 0 Å². The number of carbonyl (C=O) groups is 3. The summed E-state index contributed by atoms with van der Waals surface area (Å²) in [5.74, 6) is -0.701. The molecule has 154 valence electrons. The van der Waals surface area contributed by atoms with Crippen molar-refractivity contribution < 1.29 is 14.4 Å². The predicted molar refractivity (Wildman–Crippen MR) is 110 cm³/mol. The topological polar surface area (TPSA) is 78.5 Å². The first kappa shape index (κ1) is 21.9. The molecular formula is C22H33N3O3. The number of hydrogen-bond donors (Lipinski definition) is 2. The molecule has 2 N–H and O–H groups in total. The molecule has 1 aliphatic heterocycles. The van der Waals surface area contributed by atoms with E-state index in [0.717, 1.165) is 23.3 Å². The molecule has 2 rings (SSSR count). The van der Waals surface area contributed by atoms with Crippen molar-refractivity contribution in [2.24, 2.45) is 5.41 Å². The van der Waals surface area contributed by atoms with Crippen LogP contribution in [0.15, 0.2) is 30.3 Å². The zero-order chi connectivity index (χ0) is 21.2. The molecule has 1 fully saturated rings. The molecule has 0 saturated carbocycles. The molecule has 1 atom stereocenters. The number of urea groups is 1. The molecule has 0 bridgehead atoms. The van der Waals surface area contributed by atoms with Gasteiger partial charge in [0.2, 0.25) is 5.91 Å². The number of nitrogens with zero attached hydrogens (tertiary/aromatic N) is 1. The van der Waals surface area contributed by atoms with Gasteiger partial charge in [-0.3, -0.25) is 14.5 Å². The van der Waals surface area contributed by atoms with Gasteiger partial charge in [0, 0.05) is 5.54 Å². The quantitative estimate of drug-likeness (QED) is 0.702. The van der Waals surface area contributed by atoms with E-state index < -0.39 is 17.1 Å². The number of carbonyl (C=O) groups excluding carboxylic acids is 3. The molecule has 1 heterocycles. The third kappa shape index (κ3) is 4.91. The molecule has 6 nitrogen and oxygen atoms in total. The summed E-state index contributed by atoms with van der Waals surface area (Å²) in [4.78, 5) is 39.5. The van der Waals surface area contributed by atoms with Crippen molar-refractivity contribution in [3.05, 3.63) is 35.9 Å². The van der Waals surface area contributed by atoms with Crippen LogP contribution in [0.3, 0.4) is 0 Å².